The summed E-state index contributed by atoms with van der Waals surface area (Å²) in [4.78, 5) is 38.4. The lowest BCUT2D eigenvalue weighted by Crippen LogP contribution is -2.30. The molecule has 0 bridgehead atoms. The van der Waals surface area contributed by atoms with Gasteiger partial charge in [-0.05, 0) is 70.6 Å². The van der Waals surface area contributed by atoms with Crippen LogP contribution < -0.4 is 0 Å². The van der Waals surface area contributed by atoms with Crippen molar-refractivity contribution in [3.8, 4) is 0 Å². The number of ether oxygens (including phenoxy) is 3. The van der Waals surface area contributed by atoms with Crippen LogP contribution in [0, 0.1) is 0 Å². The fourth-order valence-corrected chi connectivity index (χ4v) is 10.8. The molecule has 0 aromatic carbocycles. The topological polar surface area (TPSA) is 78.9 Å². The van der Waals surface area contributed by atoms with Gasteiger partial charge in [-0.3, -0.25) is 14.4 Å². The zero-order chi connectivity index (χ0) is 57.1. The highest BCUT2D eigenvalue weighted by atomic mass is 16.6. The first kappa shape index (κ1) is 76.6. The van der Waals surface area contributed by atoms with E-state index < -0.39 is 6.10 Å². The van der Waals surface area contributed by atoms with Gasteiger partial charge in [-0.1, -0.05) is 340 Å². The largest absolute Gasteiger partial charge is 0.462 e. The summed E-state index contributed by atoms with van der Waals surface area (Å²) in [6, 6.07) is 0. The number of esters is 3. The van der Waals surface area contributed by atoms with Crippen molar-refractivity contribution in [2.24, 2.45) is 0 Å². The molecule has 6 nitrogen and oxygen atoms in total. The maximum absolute atomic E-state index is 12.9. The summed E-state index contributed by atoms with van der Waals surface area (Å²) in [5, 5.41) is 0. The first-order valence-corrected chi connectivity index (χ1v) is 35.5. The van der Waals surface area contributed by atoms with Crippen LogP contribution in [-0.4, -0.2) is 37.2 Å². The predicted octanol–water partition coefficient (Wildman–Crippen LogP) is 24.3. The number of carbonyl (C=O) groups is 3. The Morgan fingerprint density at radius 2 is 0.468 bits per heavy atom. The van der Waals surface area contributed by atoms with Crippen LogP contribution in [0.2, 0.25) is 0 Å². The molecule has 6 heteroatoms. The zero-order valence-corrected chi connectivity index (χ0v) is 53.4. The van der Waals surface area contributed by atoms with Crippen LogP contribution in [-0.2, 0) is 28.6 Å². The second-order valence-electron chi connectivity index (χ2n) is 24.1. The van der Waals surface area contributed by atoms with E-state index in [2.05, 4.69) is 57.2 Å². The van der Waals surface area contributed by atoms with E-state index in [-0.39, 0.29) is 31.1 Å². The Hall–Kier alpha value is -2.37. The van der Waals surface area contributed by atoms with Gasteiger partial charge in [0, 0.05) is 19.3 Å². The first-order chi connectivity index (χ1) is 39.0. The monoisotopic (exact) mass is 1110 g/mol. The van der Waals surface area contributed by atoms with Gasteiger partial charge in [0.1, 0.15) is 13.2 Å². The molecule has 0 aliphatic heterocycles. The normalized spacial score (nSPS) is 12.2. The van der Waals surface area contributed by atoms with Crippen molar-refractivity contribution in [2.45, 2.75) is 399 Å². The molecule has 79 heavy (non-hydrogen) atoms. The number of allylic oxidation sites excluding steroid dienone is 6. The SMILES string of the molecule is CCCC/C=C\C/C=C\CCCCCCCC(=O)OCC(COC(=O)CCCCCCCCCCCCCCCCCCCCCCCCCCCCCC)OC(=O)CCCCCCCCCCC/C=C\CCCCCCCC. The van der Waals surface area contributed by atoms with Gasteiger partial charge in [-0.25, -0.2) is 0 Å². The Morgan fingerprint density at radius 1 is 0.253 bits per heavy atom. The van der Waals surface area contributed by atoms with Crippen LogP contribution in [0.1, 0.15) is 393 Å². The maximum atomic E-state index is 12.9. The lowest BCUT2D eigenvalue weighted by atomic mass is 10.0. The van der Waals surface area contributed by atoms with Crippen molar-refractivity contribution >= 4 is 17.9 Å². The fraction of sp³-hybridized carbons (Fsp3) is 0.877. The van der Waals surface area contributed by atoms with E-state index in [1.54, 1.807) is 0 Å². The highest BCUT2D eigenvalue weighted by Crippen LogP contribution is 2.19. The molecule has 1 atom stereocenters. The van der Waals surface area contributed by atoms with Crippen LogP contribution >= 0.6 is 0 Å². The fourth-order valence-electron chi connectivity index (χ4n) is 10.8. The van der Waals surface area contributed by atoms with Crippen molar-refractivity contribution < 1.29 is 28.6 Å². The molecular formula is C73H136O6. The van der Waals surface area contributed by atoms with E-state index >= 15 is 0 Å². The molecule has 0 saturated heterocycles. The number of hydrogen-bond acceptors (Lipinski definition) is 6. The van der Waals surface area contributed by atoms with E-state index in [1.807, 2.05) is 0 Å². The van der Waals surface area contributed by atoms with Gasteiger partial charge in [0.25, 0.3) is 0 Å². The molecule has 1 unspecified atom stereocenters. The van der Waals surface area contributed by atoms with Crippen LogP contribution in [0.5, 0.6) is 0 Å². The Bertz CT molecular complexity index is 1320. The Morgan fingerprint density at radius 3 is 0.747 bits per heavy atom. The smallest absolute Gasteiger partial charge is 0.306 e. The van der Waals surface area contributed by atoms with E-state index in [0.29, 0.717) is 19.3 Å². The van der Waals surface area contributed by atoms with Gasteiger partial charge in [-0.15, -0.1) is 0 Å². The minimum Gasteiger partial charge on any atom is -0.462 e. The molecule has 0 radical (unpaired) electrons. The Labute approximate surface area is 493 Å². The molecule has 0 spiro atoms. The average Bonchev–Trinajstić information content (AvgIpc) is 3.45. The van der Waals surface area contributed by atoms with Crippen LogP contribution in [0.25, 0.3) is 0 Å². The van der Waals surface area contributed by atoms with Gasteiger partial charge in [-0.2, -0.15) is 0 Å². The molecule has 0 fully saturated rings. The van der Waals surface area contributed by atoms with Crippen LogP contribution in [0.3, 0.4) is 0 Å². The van der Waals surface area contributed by atoms with Crippen LogP contribution in [0.4, 0.5) is 0 Å². The summed E-state index contributed by atoms with van der Waals surface area (Å²) in [5.74, 6) is -0.862. The Balaban J connectivity index is 4.21. The quantitative estimate of drug-likeness (QED) is 0.0261. The molecule has 0 aliphatic carbocycles. The summed E-state index contributed by atoms with van der Waals surface area (Å²) < 4.78 is 17.0. The van der Waals surface area contributed by atoms with Crippen molar-refractivity contribution in [1.29, 1.82) is 0 Å². The van der Waals surface area contributed by atoms with Crippen molar-refractivity contribution in [1.82, 2.24) is 0 Å². The molecule has 0 aromatic heterocycles. The standard InChI is InChI=1S/C73H136O6/c1-4-7-10-13-16-19-22-25-28-30-32-33-34-35-36-37-38-39-40-42-43-45-48-51-54-57-60-63-66-72(75)78-69-70(68-77-71(74)65-62-59-56-53-50-47-27-24-21-18-15-12-9-6-3)79-73(76)67-64-61-58-55-52-49-46-44-41-31-29-26-23-20-17-14-11-8-5-2/h15,18,24,26-27,29,70H,4-14,16-17,19-23,25,28,30-69H2,1-3H3/b18-15-,27-24-,29-26-. The number of carbonyl (C=O) groups excluding carboxylic acids is 3. The molecule has 0 heterocycles. The van der Waals surface area contributed by atoms with Gasteiger partial charge < -0.3 is 14.2 Å². The van der Waals surface area contributed by atoms with E-state index in [1.165, 1.54) is 276 Å². The number of hydrogen-bond donors (Lipinski definition) is 0. The number of rotatable bonds is 66. The summed E-state index contributed by atoms with van der Waals surface area (Å²) in [5.41, 5.74) is 0. The molecule has 0 N–H and O–H groups in total. The first-order valence-electron chi connectivity index (χ1n) is 35.5. The second-order valence-corrected chi connectivity index (χ2v) is 24.1. The van der Waals surface area contributed by atoms with E-state index in [9.17, 15) is 14.4 Å². The zero-order valence-electron chi connectivity index (χ0n) is 53.4. The Kier molecular flexibility index (Phi) is 66.1. The summed E-state index contributed by atoms with van der Waals surface area (Å²) in [7, 11) is 0. The van der Waals surface area contributed by atoms with Crippen molar-refractivity contribution in [2.75, 3.05) is 13.2 Å². The second kappa shape index (κ2) is 68.1. The molecule has 0 saturated carbocycles. The lowest BCUT2D eigenvalue weighted by molar-refractivity contribution is -0.167. The minimum absolute atomic E-state index is 0.0730. The highest BCUT2D eigenvalue weighted by Gasteiger charge is 2.19. The summed E-state index contributed by atoms with van der Waals surface area (Å²) in [6.07, 6.45) is 84.7. The minimum atomic E-state index is -0.778. The molecule has 0 aromatic rings. The van der Waals surface area contributed by atoms with E-state index in [0.717, 1.165) is 77.0 Å². The maximum Gasteiger partial charge on any atom is 0.306 e. The third-order valence-electron chi connectivity index (χ3n) is 16.1. The third kappa shape index (κ3) is 66.3. The highest BCUT2D eigenvalue weighted by molar-refractivity contribution is 5.71. The van der Waals surface area contributed by atoms with Crippen molar-refractivity contribution in [3.05, 3.63) is 36.5 Å². The molecule has 0 aliphatic rings. The summed E-state index contributed by atoms with van der Waals surface area (Å²) in [6.45, 7) is 6.66. The van der Waals surface area contributed by atoms with Gasteiger partial charge in [0.15, 0.2) is 6.10 Å². The molecular weight excluding hydrogens is 973 g/mol. The third-order valence-corrected chi connectivity index (χ3v) is 16.1. The lowest BCUT2D eigenvalue weighted by Gasteiger charge is -2.18. The van der Waals surface area contributed by atoms with Gasteiger partial charge >= 0.3 is 17.9 Å². The van der Waals surface area contributed by atoms with Gasteiger partial charge in [0.05, 0.1) is 0 Å². The average molecular weight is 1110 g/mol. The van der Waals surface area contributed by atoms with Crippen molar-refractivity contribution in [3.63, 3.8) is 0 Å². The number of unbranched alkanes of at least 4 members (excludes halogenated alkanes) is 49. The van der Waals surface area contributed by atoms with Crippen LogP contribution in [0.15, 0.2) is 36.5 Å². The molecule has 0 amide bonds. The molecule has 0 rings (SSSR count). The van der Waals surface area contributed by atoms with Gasteiger partial charge in [0.2, 0.25) is 0 Å². The summed E-state index contributed by atoms with van der Waals surface area (Å²) >= 11 is 0. The molecule has 464 valence electrons. The van der Waals surface area contributed by atoms with E-state index in [4.69, 9.17) is 14.2 Å². The predicted molar refractivity (Wildman–Crippen MR) is 344 cm³/mol.